The monoisotopic (exact) mass is 280 g/mol. The molecule has 1 aromatic heterocycles. The summed E-state index contributed by atoms with van der Waals surface area (Å²) in [6, 6.07) is 2.85. The molecule has 1 aliphatic rings. The van der Waals surface area contributed by atoms with E-state index in [1.807, 2.05) is 11.3 Å². The van der Waals surface area contributed by atoms with Gasteiger partial charge in [-0.3, -0.25) is 0 Å². The van der Waals surface area contributed by atoms with E-state index < -0.39 is 0 Å². The Bertz CT molecular complexity index is 353. The summed E-state index contributed by atoms with van der Waals surface area (Å²) in [5.74, 6) is 0. The van der Waals surface area contributed by atoms with E-state index in [-0.39, 0.29) is 0 Å². The lowest BCUT2D eigenvalue weighted by Crippen LogP contribution is -2.60. The van der Waals surface area contributed by atoms with E-state index in [0.29, 0.717) is 11.6 Å². The summed E-state index contributed by atoms with van der Waals surface area (Å²) in [4.78, 5) is 2.49. The van der Waals surface area contributed by atoms with Crippen molar-refractivity contribution in [3.05, 3.63) is 22.4 Å². The molecule has 1 N–H and O–H groups in total. The minimum Gasteiger partial charge on any atom is -0.312 e. The average Bonchev–Trinajstić information content (AvgIpc) is 2.92. The highest BCUT2D eigenvalue weighted by atomic mass is 32.1. The van der Waals surface area contributed by atoms with E-state index >= 15 is 0 Å². The summed E-state index contributed by atoms with van der Waals surface area (Å²) >= 11 is 1.81. The molecule has 108 valence electrons. The second-order valence-electron chi connectivity index (χ2n) is 6.00. The SMILES string of the molecule is CCNC(Cc1ccsc1)C1(N(C)C)CCCCC1. The summed E-state index contributed by atoms with van der Waals surface area (Å²) in [7, 11) is 4.53. The van der Waals surface area contributed by atoms with Crippen LogP contribution < -0.4 is 5.32 Å². The predicted molar refractivity (Wildman–Crippen MR) is 85.0 cm³/mol. The van der Waals surface area contributed by atoms with E-state index in [0.717, 1.165) is 13.0 Å². The maximum absolute atomic E-state index is 3.78. The molecule has 1 aliphatic carbocycles. The number of hydrogen-bond donors (Lipinski definition) is 1. The lowest BCUT2D eigenvalue weighted by molar-refractivity contribution is 0.0575. The van der Waals surface area contributed by atoms with Crippen molar-refractivity contribution >= 4 is 11.3 Å². The number of nitrogens with zero attached hydrogens (tertiary/aromatic N) is 1. The standard InChI is InChI=1S/C16H28N2S/c1-4-17-15(12-14-8-11-19-13-14)16(18(2)3)9-6-5-7-10-16/h8,11,13,15,17H,4-7,9-10,12H2,1-3H3. The number of hydrogen-bond acceptors (Lipinski definition) is 3. The highest BCUT2D eigenvalue weighted by molar-refractivity contribution is 7.07. The first-order valence-electron chi connectivity index (χ1n) is 7.61. The number of likely N-dealkylation sites (N-methyl/N-ethyl adjacent to an activating group) is 2. The minimum atomic E-state index is 0.343. The second-order valence-corrected chi connectivity index (χ2v) is 6.78. The maximum Gasteiger partial charge on any atom is 0.0359 e. The third-order valence-electron chi connectivity index (χ3n) is 4.73. The van der Waals surface area contributed by atoms with Crippen molar-refractivity contribution in [1.82, 2.24) is 10.2 Å². The molecule has 0 aliphatic heterocycles. The van der Waals surface area contributed by atoms with Gasteiger partial charge in [-0.05, 0) is 62.3 Å². The van der Waals surface area contributed by atoms with Crippen molar-refractivity contribution in [2.45, 2.75) is 57.0 Å². The zero-order chi connectivity index (χ0) is 13.7. The van der Waals surface area contributed by atoms with Crippen LogP contribution in [-0.2, 0) is 6.42 Å². The first-order chi connectivity index (χ1) is 9.19. The van der Waals surface area contributed by atoms with Crippen molar-refractivity contribution in [3.63, 3.8) is 0 Å². The van der Waals surface area contributed by atoms with Gasteiger partial charge >= 0.3 is 0 Å². The van der Waals surface area contributed by atoms with Crippen molar-refractivity contribution < 1.29 is 0 Å². The molecular weight excluding hydrogens is 252 g/mol. The molecule has 2 nitrogen and oxygen atoms in total. The van der Waals surface area contributed by atoms with Crippen LogP contribution in [0.25, 0.3) is 0 Å². The molecule has 0 bridgehead atoms. The maximum atomic E-state index is 3.78. The molecule has 2 rings (SSSR count). The largest absolute Gasteiger partial charge is 0.312 e. The second kappa shape index (κ2) is 6.87. The van der Waals surface area contributed by atoms with Gasteiger partial charge in [0.1, 0.15) is 0 Å². The molecule has 1 fully saturated rings. The van der Waals surface area contributed by atoms with Gasteiger partial charge < -0.3 is 10.2 Å². The van der Waals surface area contributed by atoms with Crippen molar-refractivity contribution in [1.29, 1.82) is 0 Å². The normalized spacial score (nSPS) is 20.6. The van der Waals surface area contributed by atoms with E-state index in [4.69, 9.17) is 0 Å². The van der Waals surface area contributed by atoms with Crippen molar-refractivity contribution in [2.24, 2.45) is 0 Å². The highest BCUT2D eigenvalue weighted by Gasteiger charge is 2.41. The fourth-order valence-electron chi connectivity index (χ4n) is 3.61. The molecule has 1 heterocycles. The predicted octanol–water partition coefficient (Wildman–Crippen LogP) is 3.53. The summed E-state index contributed by atoms with van der Waals surface area (Å²) in [6.07, 6.45) is 8.00. The van der Waals surface area contributed by atoms with Crippen LogP contribution in [0.2, 0.25) is 0 Å². The zero-order valence-corrected chi connectivity index (χ0v) is 13.4. The fourth-order valence-corrected chi connectivity index (χ4v) is 4.30. The Morgan fingerprint density at radius 3 is 2.58 bits per heavy atom. The Kier molecular flexibility index (Phi) is 5.43. The third-order valence-corrected chi connectivity index (χ3v) is 5.46. The fraction of sp³-hybridized carbons (Fsp3) is 0.750. The Balaban J connectivity index is 2.18. The molecule has 1 aromatic rings. The highest BCUT2D eigenvalue weighted by Crippen LogP contribution is 2.36. The summed E-state index contributed by atoms with van der Waals surface area (Å²) in [5.41, 5.74) is 1.83. The number of thiophene rings is 1. The van der Waals surface area contributed by atoms with Crippen LogP contribution in [0.15, 0.2) is 16.8 Å². The van der Waals surface area contributed by atoms with Crippen LogP contribution in [0.1, 0.15) is 44.6 Å². The van der Waals surface area contributed by atoms with E-state index in [1.54, 1.807) is 0 Å². The Morgan fingerprint density at radius 2 is 2.05 bits per heavy atom. The molecule has 1 saturated carbocycles. The summed E-state index contributed by atoms with van der Waals surface area (Å²) in [6.45, 7) is 3.29. The lowest BCUT2D eigenvalue weighted by atomic mass is 9.73. The molecule has 0 spiro atoms. The smallest absolute Gasteiger partial charge is 0.0359 e. The van der Waals surface area contributed by atoms with E-state index in [1.165, 1.54) is 37.7 Å². The van der Waals surface area contributed by atoms with Crippen LogP contribution in [-0.4, -0.2) is 37.1 Å². The van der Waals surface area contributed by atoms with Gasteiger partial charge in [0.05, 0.1) is 0 Å². The first kappa shape index (κ1) is 15.0. The van der Waals surface area contributed by atoms with Gasteiger partial charge in [0.25, 0.3) is 0 Å². The van der Waals surface area contributed by atoms with Crippen LogP contribution in [0.5, 0.6) is 0 Å². The Labute approximate surface area is 122 Å². The van der Waals surface area contributed by atoms with Gasteiger partial charge in [0.15, 0.2) is 0 Å². The molecule has 1 atom stereocenters. The molecule has 3 heteroatoms. The van der Waals surface area contributed by atoms with Crippen LogP contribution >= 0.6 is 11.3 Å². The van der Waals surface area contributed by atoms with Gasteiger partial charge in [-0.15, -0.1) is 0 Å². The Hall–Kier alpha value is -0.380. The first-order valence-corrected chi connectivity index (χ1v) is 8.55. The third kappa shape index (κ3) is 3.39. The average molecular weight is 280 g/mol. The van der Waals surface area contributed by atoms with Gasteiger partial charge in [0.2, 0.25) is 0 Å². The molecule has 0 saturated heterocycles. The molecule has 19 heavy (non-hydrogen) atoms. The van der Waals surface area contributed by atoms with Crippen LogP contribution in [0.4, 0.5) is 0 Å². The van der Waals surface area contributed by atoms with Crippen LogP contribution in [0, 0.1) is 0 Å². The zero-order valence-electron chi connectivity index (χ0n) is 12.6. The van der Waals surface area contributed by atoms with Gasteiger partial charge in [0, 0.05) is 11.6 Å². The van der Waals surface area contributed by atoms with Gasteiger partial charge in [-0.2, -0.15) is 11.3 Å². The minimum absolute atomic E-state index is 0.343. The van der Waals surface area contributed by atoms with Crippen molar-refractivity contribution in [3.8, 4) is 0 Å². The molecule has 0 aromatic carbocycles. The summed E-state index contributed by atoms with van der Waals surface area (Å²) < 4.78 is 0. The molecule has 0 amide bonds. The number of nitrogens with one attached hydrogen (secondary N) is 1. The number of rotatable bonds is 6. The van der Waals surface area contributed by atoms with Crippen molar-refractivity contribution in [2.75, 3.05) is 20.6 Å². The molecule has 1 unspecified atom stereocenters. The molecule has 0 radical (unpaired) electrons. The quantitative estimate of drug-likeness (QED) is 0.857. The van der Waals surface area contributed by atoms with Crippen LogP contribution in [0.3, 0.4) is 0 Å². The van der Waals surface area contributed by atoms with E-state index in [9.17, 15) is 0 Å². The van der Waals surface area contributed by atoms with E-state index in [2.05, 4.69) is 48.1 Å². The topological polar surface area (TPSA) is 15.3 Å². The van der Waals surface area contributed by atoms with Gasteiger partial charge in [-0.1, -0.05) is 26.2 Å². The lowest BCUT2D eigenvalue weighted by Gasteiger charge is -2.49. The summed E-state index contributed by atoms with van der Waals surface area (Å²) in [5, 5.41) is 8.27. The molecular formula is C16H28N2S. The Morgan fingerprint density at radius 1 is 1.32 bits per heavy atom. The van der Waals surface area contributed by atoms with Gasteiger partial charge in [-0.25, -0.2) is 0 Å².